The molecule has 0 saturated heterocycles. The SMILES string of the molecule is CC.CN=C(N)c1ccc(CNC(=O)c2ccnc(Cc3ccc(Cn4cc(C#N)ccc4=O)cc3)c2)cc1C. The van der Waals surface area contributed by atoms with Crippen molar-refractivity contribution in [2.24, 2.45) is 10.7 Å². The van der Waals surface area contributed by atoms with Crippen molar-refractivity contribution in [1.29, 1.82) is 5.26 Å². The first kappa shape index (κ1) is 29.5. The number of pyridine rings is 2. The third-order valence-electron chi connectivity index (χ3n) is 6.21. The van der Waals surface area contributed by atoms with Crippen molar-refractivity contribution in [3.8, 4) is 6.07 Å². The minimum absolute atomic E-state index is 0.157. The number of aromatic nitrogens is 2. The molecular weight excluding hydrogens is 500 g/mol. The molecule has 0 unspecified atom stereocenters. The Labute approximate surface area is 234 Å². The first-order valence-electron chi connectivity index (χ1n) is 13.1. The van der Waals surface area contributed by atoms with Gasteiger partial charge in [0.2, 0.25) is 0 Å². The van der Waals surface area contributed by atoms with E-state index in [1.165, 1.54) is 16.7 Å². The Hall–Kier alpha value is -5.03. The predicted octanol–water partition coefficient (Wildman–Crippen LogP) is 4.35. The van der Waals surface area contributed by atoms with E-state index < -0.39 is 0 Å². The van der Waals surface area contributed by atoms with E-state index in [1.807, 2.05) is 63.2 Å². The molecule has 0 saturated carbocycles. The lowest BCUT2D eigenvalue weighted by molar-refractivity contribution is 0.0950. The number of carbonyl (C=O) groups excluding carboxylic acids is 1. The monoisotopic (exact) mass is 534 g/mol. The van der Waals surface area contributed by atoms with E-state index in [0.717, 1.165) is 33.5 Å². The number of rotatable bonds is 8. The Morgan fingerprint density at radius 2 is 1.73 bits per heavy atom. The molecule has 2 aromatic carbocycles. The lowest BCUT2D eigenvalue weighted by Gasteiger charge is -2.10. The van der Waals surface area contributed by atoms with Crippen molar-refractivity contribution in [2.45, 2.75) is 40.3 Å². The van der Waals surface area contributed by atoms with E-state index in [9.17, 15) is 9.59 Å². The summed E-state index contributed by atoms with van der Waals surface area (Å²) in [6.07, 6.45) is 3.76. The molecule has 2 aromatic heterocycles. The summed E-state index contributed by atoms with van der Waals surface area (Å²) in [7, 11) is 1.66. The highest BCUT2D eigenvalue weighted by Gasteiger charge is 2.09. The molecule has 0 aliphatic heterocycles. The highest BCUT2D eigenvalue weighted by atomic mass is 16.1. The zero-order valence-corrected chi connectivity index (χ0v) is 23.3. The van der Waals surface area contributed by atoms with Gasteiger partial charge in [-0.15, -0.1) is 0 Å². The number of aryl methyl sites for hydroxylation is 1. The molecule has 40 heavy (non-hydrogen) atoms. The van der Waals surface area contributed by atoms with Gasteiger partial charge in [-0.3, -0.25) is 19.6 Å². The number of hydrogen-bond donors (Lipinski definition) is 2. The van der Waals surface area contributed by atoms with Crippen LogP contribution < -0.4 is 16.6 Å². The Morgan fingerprint density at radius 3 is 2.40 bits per heavy atom. The van der Waals surface area contributed by atoms with Gasteiger partial charge in [-0.2, -0.15) is 5.26 Å². The third-order valence-corrected chi connectivity index (χ3v) is 6.21. The third kappa shape index (κ3) is 7.74. The van der Waals surface area contributed by atoms with Crippen LogP contribution in [0, 0.1) is 18.3 Å². The highest BCUT2D eigenvalue weighted by Crippen LogP contribution is 2.14. The maximum Gasteiger partial charge on any atom is 0.251 e. The molecule has 0 aliphatic carbocycles. The topological polar surface area (TPSA) is 126 Å². The highest BCUT2D eigenvalue weighted by molar-refractivity contribution is 5.98. The second kappa shape index (κ2) is 14.2. The first-order valence-corrected chi connectivity index (χ1v) is 13.1. The first-order chi connectivity index (χ1) is 19.4. The van der Waals surface area contributed by atoms with Crippen LogP contribution in [0.4, 0.5) is 0 Å². The van der Waals surface area contributed by atoms with Crippen molar-refractivity contribution < 1.29 is 4.79 Å². The normalized spacial score (nSPS) is 10.7. The molecule has 0 aliphatic rings. The standard InChI is InChI=1S/C30H28N6O2.C2H6/c1-20-13-23(7-9-27(20)29(32)33-2)17-35-30(38)25-11-12-34-26(15-25)14-21-3-5-22(6-4-21)18-36-19-24(16-31)8-10-28(36)37;1-2/h3-13,15,19H,14,17-18H2,1-2H3,(H2,32,33)(H,35,38);1-2H3. The van der Waals surface area contributed by atoms with Gasteiger partial charge in [-0.25, -0.2) is 0 Å². The summed E-state index contributed by atoms with van der Waals surface area (Å²) in [5.41, 5.74) is 12.4. The van der Waals surface area contributed by atoms with Crippen LogP contribution in [0.2, 0.25) is 0 Å². The minimum atomic E-state index is -0.176. The zero-order chi connectivity index (χ0) is 29.1. The summed E-state index contributed by atoms with van der Waals surface area (Å²) >= 11 is 0. The summed E-state index contributed by atoms with van der Waals surface area (Å²) in [6.45, 7) is 6.74. The Bertz CT molecular complexity index is 1600. The molecule has 0 bridgehead atoms. The van der Waals surface area contributed by atoms with E-state index in [2.05, 4.69) is 21.4 Å². The number of nitriles is 1. The minimum Gasteiger partial charge on any atom is -0.384 e. The fraction of sp³-hybridized carbons (Fsp3) is 0.219. The molecule has 0 atom stereocenters. The van der Waals surface area contributed by atoms with Crippen molar-refractivity contribution in [3.05, 3.63) is 134 Å². The smallest absolute Gasteiger partial charge is 0.251 e. The van der Waals surface area contributed by atoms with Gasteiger partial charge in [0.05, 0.1) is 12.1 Å². The summed E-state index contributed by atoms with van der Waals surface area (Å²) in [6, 6.07) is 22.1. The van der Waals surface area contributed by atoms with E-state index in [4.69, 9.17) is 11.0 Å². The van der Waals surface area contributed by atoms with Crippen LogP contribution in [-0.2, 0) is 19.5 Å². The van der Waals surface area contributed by atoms with E-state index in [-0.39, 0.29) is 11.5 Å². The fourth-order valence-electron chi connectivity index (χ4n) is 4.13. The van der Waals surface area contributed by atoms with Crippen LogP contribution in [0.15, 0.2) is 88.9 Å². The molecule has 0 spiro atoms. The predicted molar refractivity (Wildman–Crippen MR) is 158 cm³/mol. The Balaban J connectivity index is 0.00000216. The number of amidine groups is 1. The maximum absolute atomic E-state index is 12.8. The van der Waals surface area contributed by atoms with Crippen molar-refractivity contribution in [2.75, 3.05) is 7.05 Å². The summed E-state index contributed by atoms with van der Waals surface area (Å²) in [5, 5.41) is 12.0. The number of amides is 1. The molecule has 4 aromatic rings. The van der Waals surface area contributed by atoms with E-state index >= 15 is 0 Å². The van der Waals surface area contributed by atoms with Gasteiger partial charge in [-0.05, 0) is 47.4 Å². The molecule has 2 heterocycles. The number of nitrogens with two attached hydrogens (primary N) is 1. The molecule has 3 N–H and O–H groups in total. The average molecular weight is 535 g/mol. The van der Waals surface area contributed by atoms with Crippen molar-refractivity contribution in [1.82, 2.24) is 14.9 Å². The number of nitrogens with zero attached hydrogens (tertiary/aromatic N) is 4. The van der Waals surface area contributed by atoms with Crippen LogP contribution in [0.3, 0.4) is 0 Å². The molecule has 204 valence electrons. The van der Waals surface area contributed by atoms with Gasteiger partial charge >= 0.3 is 0 Å². The van der Waals surface area contributed by atoms with Crippen LogP contribution >= 0.6 is 0 Å². The summed E-state index contributed by atoms with van der Waals surface area (Å²) in [4.78, 5) is 33.3. The van der Waals surface area contributed by atoms with Crippen molar-refractivity contribution >= 4 is 11.7 Å². The second-order valence-corrected chi connectivity index (χ2v) is 8.97. The van der Waals surface area contributed by atoms with Gasteiger partial charge in [0.15, 0.2) is 0 Å². The molecule has 4 rings (SSSR count). The molecule has 1 amide bonds. The summed E-state index contributed by atoms with van der Waals surface area (Å²) < 4.78 is 1.52. The summed E-state index contributed by atoms with van der Waals surface area (Å²) in [5.74, 6) is 0.309. The number of aliphatic imine (C=N–C) groups is 1. The van der Waals surface area contributed by atoms with E-state index in [1.54, 1.807) is 31.6 Å². The van der Waals surface area contributed by atoms with Gasteiger partial charge in [0.1, 0.15) is 11.9 Å². The molecular formula is C32H34N6O2. The number of nitrogens with one attached hydrogen (secondary N) is 1. The number of benzene rings is 2. The average Bonchev–Trinajstić information content (AvgIpc) is 2.99. The fourth-order valence-corrected chi connectivity index (χ4v) is 4.13. The Morgan fingerprint density at radius 1 is 1.02 bits per heavy atom. The maximum atomic E-state index is 12.8. The number of hydrogen-bond acceptors (Lipinski definition) is 5. The van der Waals surface area contributed by atoms with Gasteiger partial charge < -0.3 is 15.6 Å². The largest absolute Gasteiger partial charge is 0.384 e. The van der Waals surface area contributed by atoms with E-state index in [0.29, 0.717) is 36.5 Å². The van der Waals surface area contributed by atoms with Gasteiger partial charge in [-0.1, -0.05) is 56.3 Å². The Kier molecular flexibility index (Phi) is 10.5. The van der Waals surface area contributed by atoms with Crippen LogP contribution in [0.1, 0.15) is 63.3 Å². The number of carbonyl (C=O) groups is 1. The lowest BCUT2D eigenvalue weighted by Crippen LogP contribution is -2.23. The molecule has 0 radical (unpaired) electrons. The van der Waals surface area contributed by atoms with Crippen LogP contribution in [-0.4, -0.2) is 28.3 Å². The molecule has 8 nitrogen and oxygen atoms in total. The van der Waals surface area contributed by atoms with Crippen molar-refractivity contribution in [3.63, 3.8) is 0 Å². The molecule has 8 heteroatoms. The van der Waals surface area contributed by atoms with Crippen LogP contribution in [0.5, 0.6) is 0 Å². The van der Waals surface area contributed by atoms with Gasteiger partial charge in [0, 0.05) is 55.3 Å². The lowest BCUT2D eigenvalue weighted by atomic mass is 10.0. The quantitative estimate of drug-likeness (QED) is 0.257. The van der Waals surface area contributed by atoms with Crippen LogP contribution in [0.25, 0.3) is 0 Å². The second-order valence-electron chi connectivity index (χ2n) is 8.97. The zero-order valence-electron chi connectivity index (χ0n) is 23.3. The molecule has 0 fully saturated rings. The van der Waals surface area contributed by atoms with Gasteiger partial charge in [0.25, 0.3) is 11.5 Å².